The Hall–Kier alpha value is -4.77. The van der Waals surface area contributed by atoms with E-state index in [-0.39, 0.29) is 17.9 Å². The van der Waals surface area contributed by atoms with E-state index >= 15 is 0 Å². The van der Waals surface area contributed by atoms with E-state index < -0.39 is 16.9 Å². The minimum atomic E-state index is -0.718. The molecular formula is C31H29N3O7S. The maximum atomic E-state index is 13.9. The first-order chi connectivity index (χ1) is 20.1. The van der Waals surface area contributed by atoms with Crippen molar-refractivity contribution in [2.45, 2.75) is 39.7 Å². The quantitative estimate of drug-likeness (QED) is 0.160. The first-order valence-electron chi connectivity index (χ1n) is 13.3. The summed E-state index contributed by atoms with van der Waals surface area (Å²) in [6.07, 6.45) is 1.60. The van der Waals surface area contributed by atoms with Crippen molar-refractivity contribution in [3.63, 3.8) is 0 Å². The van der Waals surface area contributed by atoms with Crippen LogP contribution in [0.4, 0.5) is 5.69 Å². The molecule has 42 heavy (non-hydrogen) atoms. The number of benzene rings is 2. The highest BCUT2D eigenvalue weighted by molar-refractivity contribution is 7.07. The van der Waals surface area contributed by atoms with Crippen LogP contribution >= 0.6 is 11.3 Å². The molecule has 0 bridgehead atoms. The number of nitrogens with zero attached hydrogens (tertiary/aromatic N) is 3. The van der Waals surface area contributed by atoms with Gasteiger partial charge in [0.05, 0.1) is 46.0 Å². The Morgan fingerprint density at radius 2 is 1.93 bits per heavy atom. The molecule has 2 aromatic heterocycles. The van der Waals surface area contributed by atoms with Crippen molar-refractivity contribution >= 4 is 29.1 Å². The highest BCUT2D eigenvalue weighted by Crippen LogP contribution is 2.35. The van der Waals surface area contributed by atoms with E-state index in [9.17, 15) is 19.7 Å². The molecule has 0 radical (unpaired) electrons. The van der Waals surface area contributed by atoms with Gasteiger partial charge in [0.25, 0.3) is 11.2 Å². The lowest BCUT2D eigenvalue weighted by atomic mass is 9.93. The van der Waals surface area contributed by atoms with Crippen LogP contribution in [0.2, 0.25) is 0 Å². The largest absolute Gasteiger partial charge is 0.496 e. The van der Waals surface area contributed by atoms with Crippen molar-refractivity contribution in [1.82, 2.24) is 4.57 Å². The van der Waals surface area contributed by atoms with Gasteiger partial charge in [-0.3, -0.25) is 19.5 Å². The number of nitro groups is 1. The summed E-state index contributed by atoms with van der Waals surface area (Å²) >= 11 is 1.18. The predicted octanol–water partition coefficient (Wildman–Crippen LogP) is 5.10. The molecule has 0 N–H and O–H groups in total. The number of methoxy groups -OCH3 is 1. The Bertz CT molecular complexity index is 1900. The zero-order chi connectivity index (χ0) is 30.1. The number of non-ortho nitro benzene ring substituents is 1. The third-order valence-electron chi connectivity index (χ3n) is 7.00. The lowest BCUT2D eigenvalue weighted by molar-refractivity contribution is -0.384. The minimum Gasteiger partial charge on any atom is -0.496 e. The number of ether oxygens (including phenoxy) is 2. The average molecular weight is 588 g/mol. The molecule has 1 aliphatic heterocycles. The SMILES string of the molecule is CCOC(=O)C1=C(C)N=c2s/c(=C\c3ccc(-c4cc([N+](=O)[O-])ccc4OC)o3)c(=O)n2C1c1ccc(C(C)C)cc1. The lowest BCUT2D eigenvalue weighted by Gasteiger charge is -2.25. The Balaban J connectivity index is 1.62. The van der Waals surface area contributed by atoms with Gasteiger partial charge in [0.1, 0.15) is 17.3 Å². The molecule has 0 amide bonds. The van der Waals surface area contributed by atoms with E-state index in [1.807, 2.05) is 24.3 Å². The number of thiazole rings is 1. The second kappa shape index (κ2) is 11.6. The van der Waals surface area contributed by atoms with Gasteiger partial charge in [0, 0.05) is 18.2 Å². The molecule has 0 saturated heterocycles. The summed E-state index contributed by atoms with van der Waals surface area (Å²) < 4.78 is 18.6. The molecule has 0 spiro atoms. The molecule has 5 rings (SSSR count). The Labute approximate surface area is 245 Å². The molecule has 216 valence electrons. The third kappa shape index (κ3) is 5.30. The van der Waals surface area contributed by atoms with Gasteiger partial charge in [-0.25, -0.2) is 9.79 Å². The molecule has 4 aromatic rings. The van der Waals surface area contributed by atoms with Gasteiger partial charge in [-0.15, -0.1) is 0 Å². The number of allylic oxidation sites excluding steroid dienone is 1. The fraction of sp³-hybridized carbons (Fsp3) is 0.258. The predicted molar refractivity (Wildman–Crippen MR) is 158 cm³/mol. The normalized spacial score (nSPS) is 15.0. The van der Waals surface area contributed by atoms with E-state index in [1.165, 1.54) is 41.2 Å². The van der Waals surface area contributed by atoms with Crippen molar-refractivity contribution in [2.24, 2.45) is 4.99 Å². The first-order valence-corrected chi connectivity index (χ1v) is 14.2. The van der Waals surface area contributed by atoms with E-state index in [4.69, 9.17) is 13.9 Å². The topological polar surface area (TPSA) is 126 Å². The smallest absolute Gasteiger partial charge is 0.338 e. The van der Waals surface area contributed by atoms with Crippen molar-refractivity contribution in [1.29, 1.82) is 0 Å². The van der Waals surface area contributed by atoms with Crippen LogP contribution in [0, 0.1) is 10.1 Å². The Morgan fingerprint density at radius 1 is 1.19 bits per heavy atom. The Kier molecular flexibility index (Phi) is 7.95. The average Bonchev–Trinajstić information content (AvgIpc) is 3.56. The van der Waals surface area contributed by atoms with Gasteiger partial charge >= 0.3 is 5.97 Å². The van der Waals surface area contributed by atoms with Crippen molar-refractivity contribution in [3.05, 3.63) is 113 Å². The van der Waals surface area contributed by atoms with E-state index in [0.29, 0.717) is 49.4 Å². The number of fused-ring (bicyclic) bond motifs is 1. The summed E-state index contributed by atoms with van der Waals surface area (Å²) in [5, 5.41) is 11.3. The monoisotopic (exact) mass is 587 g/mol. The molecule has 0 aliphatic carbocycles. The van der Waals surface area contributed by atoms with Crippen LogP contribution < -0.4 is 19.6 Å². The van der Waals surface area contributed by atoms with Crippen molar-refractivity contribution in [2.75, 3.05) is 13.7 Å². The van der Waals surface area contributed by atoms with Crippen LogP contribution in [0.25, 0.3) is 17.4 Å². The molecule has 0 saturated carbocycles. The van der Waals surface area contributed by atoms with Gasteiger partial charge in [-0.05, 0) is 49.1 Å². The highest BCUT2D eigenvalue weighted by atomic mass is 32.1. The van der Waals surface area contributed by atoms with Crippen LogP contribution in [0.1, 0.15) is 56.5 Å². The summed E-state index contributed by atoms with van der Waals surface area (Å²) in [5.41, 5.74) is 2.67. The zero-order valence-corrected chi connectivity index (χ0v) is 24.6. The number of furan rings is 1. The van der Waals surface area contributed by atoms with E-state index in [0.717, 1.165) is 11.1 Å². The molecule has 10 nitrogen and oxygen atoms in total. The van der Waals surface area contributed by atoms with E-state index in [2.05, 4.69) is 18.8 Å². The number of carbonyl (C=O) groups is 1. The lowest BCUT2D eigenvalue weighted by Crippen LogP contribution is -2.39. The summed E-state index contributed by atoms with van der Waals surface area (Å²) in [5.74, 6) is 0.919. The number of nitro benzene ring substituents is 1. The number of esters is 1. The first kappa shape index (κ1) is 28.7. The van der Waals surface area contributed by atoms with Crippen LogP contribution in [0.15, 0.2) is 80.1 Å². The zero-order valence-electron chi connectivity index (χ0n) is 23.7. The number of rotatable bonds is 8. The molecule has 11 heteroatoms. The van der Waals surface area contributed by atoms with Crippen LogP contribution in [-0.2, 0) is 9.53 Å². The molecular weight excluding hydrogens is 558 g/mol. The van der Waals surface area contributed by atoms with Crippen LogP contribution in [-0.4, -0.2) is 29.2 Å². The Morgan fingerprint density at radius 3 is 2.57 bits per heavy atom. The second-order valence-electron chi connectivity index (χ2n) is 9.97. The van der Waals surface area contributed by atoms with Gasteiger partial charge in [-0.1, -0.05) is 49.4 Å². The fourth-order valence-corrected chi connectivity index (χ4v) is 5.90. The van der Waals surface area contributed by atoms with Crippen molar-refractivity contribution in [3.8, 4) is 17.1 Å². The maximum Gasteiger partial charge on any atom is 0.338 e. The molecule has 1 unspecified atom stereocenters. The molecule has 1 atom stereocenters. The summed E-state index contributed by atoms with van der Waals surface area (Å²) in [7, 11) is 1.47. The molecule has 2 aromatic carbocycles. The van der Waals surface area contributed by atoms with Gasteiger partial charge in [0.15, 0.2) is 4.80 Å². The van der Waals surface area contributed by atoms with E-state index in [1.54, 1.807) is 32.1 Å². The van der Waals surface area contributed by atoms with Crippen LogP contribution in [0.5, 0.6) is 5.75 Å². The van der Waals surface area contributed by atoms with Crippen molar-refractivity contribution < 1.29 is 23.6 Å². The van der Waals surface area contributed by atoms with Crippen LogP contribution in [0.3, 0.4) is 0 Å². The number of hydrogen-bond donors (Lipinski definition) is 0. The molecule has 1 aliphatic rings. The number of carbonyl (C=O) groups excluding carboxylic acids is 1. The second-order valence-corrected chi connectivity index (χ2v) is 11.0. The standard InChI is InChI=1S/C31H29N3O7S/c1-6-40-30(36)27-18(4)32-31-33(28(27)20-9-7-19(8-10-20)17(2)3)29(35)26(42-31)16-22-12-14-25(41-22)23-15-21(34(37)38)11-13-24(23)39-5/h7-17,28H,6H2,1-5H3/b26-16-. The summed E-state index contributed by atoms with van der Waals surface area (Å²) in [6, 6.07) is 14.7. The maximum absolute atomic E-state index is 13.9. The van der Waals surface area contributed by atoms with Gasteiger partial charge in [0.2, 0.25) is 0 Å². The molecule has 3 heterocycles. The fourth-order valence-electron chi connectivity index (χ4n) is 4.88. The summed E-state index contributed by atoms with van der Waals surface area (Å²) in [6.45, 7) is 7.86. The number of hydrogen-bond acceptors (Lipinski definition) is 9. The summed E-state index contributed by atoms with van der Waals surface area (Å²) in [4.78, 5) is 42.9. The van der Waals surface area contributed by atoms with Gasteiger partial charge in [-0.2, -0.15) is 0 Å². The van der Waals surface area contributed by atoms with Gasteiger partial charge < -0.3 is 13.9 Å². The third-order valence-corrected chi connectivity index (χ3v) is 7.98. The molecule has 0 fully saturated rings. The number of aromatic nitrogens is 1. The highest BCUT2D eigenvalue weighted by Gasteiger charge is 2.33. The minimum absolute atomic E-state index is 0.105.